The Morgan fingerprint density at radius 3 is 2.19 bits per heavy atom. The molecule has 0 spiro atoms. The van der Waals surface area contributed by atoms with E-state index in [1.807, 2.05) is 0 Å². The van der Waals surface area contributed by atoms with Crippen LogP contribution < -0.4 is 10.6 Å². The highest BCUT2D eigenvalue weighted by molar-refractivity contribution is 7.91. The molecule has 0 aliphatic carbocycles. The number of benzene rings is 1. The summed E-state index contributed by atoms with van der Waals surface area (Å²) in [6, 6.07) is 16.0. The average Bonchev–Trinajstić information content (AvgIpc) is 2.96. The van der Waals surface area contributed by atoms with E-state index in [1.165, 1.54) is 30.5 Å². The van der Waals surface area contributed by atoms with Gasteiger partial charge in [-0.15, -0.1) is 0 Å². The smallest absolute Gasteiger partial charge is 0.416 e. The molecule has 0 fully saturated rings. The third-order valence-electron chi connectivity index (χ3n) is 5.93. The Bertz CT molecular complexity index is 1650. The third-order valence-corrected chi connectivity index (χ3v) is 7.99. The summed E-state index contributed by atoms with van der Waals surface area (Å²) in [6.07, 6.45) is 3.64. The molecule has 12 nitrogen and oxygen atoms in total. The molecule has 1 amide bonds. The molecule has 3 aromatic heterocycles. The van der Waals surface area contributed by atoms with Gasteiger partial charge in [0.25, 0.3) is 0 Å². The van der Waals surface area contributed by atoms with E-state index in [9.17, 15) is 23.1 Å². The predicted octanol–water partition coefficient (Wildman–Crippen LogP) is 3.97. The van der Waals surface area contributed by atoms with Crippen LogP contribution in [0.1, 0.15) is 43.3 Å². The molecule has 218 valence electrons. The van der Waals surface area contributed by atoms with Gasteiger partial charge >= 0.3 is 12.1 Å². The topological polar surface area (TPSA) is 179 Å². The van der Waals surface area contributed by atoms with E-state index in [-0.39, 0.29) is 16.5 Å². The number of nitrogens with two attached hydrogens (primary N) is 1. The molecule has 42 heavy (non-hydrogen) atoms. The van der Waals surface area contributed by atoms with Crippen LogP contribution in [0.4, 0.5) is 10.6 Å². The van der Waals surface area contributed by atoms with E-state index in [4.69, 9.17) is 10.5 Å². The zero-order valence-corrected chi connectivity index (χ0v) is 24.0. The number of carbonyl (C=O) groups is 2. The van der Waals surface area contributed by atoms with Crippen LogP contribution in [0.5, 0.6) is 0 Å². The minimum absolute atomic E-state index is 0.0647. The summed E-state index contributed by atoms with van der Waals surface area (Å²) in [5.74, 6) is -0.895. The lowest BCUT2D eigenvalue weighted by atomic mass is 10.0. The number of carbonyl (C=O) groups excluding carboxylic acids is 1. The van der Waals surface area contributed by atoms with Gasteiger partial charge in [-0.3, -0.25) is 9.69 Å². The van der Waals surface area contributed by atoms with E-state index >= 15 is 0 Å². The first-order valence-corrected chi connectivity index (χ1v) is 14.4. The molecule has 0 bridgehead atoms. The number of aliphatic carboxylic acids is 1. The second-order valence-corrected chi connectivity index (χ2v) is 12.3. The van der Waals surface area contributed by atoms with E-state index in [0.29, 0.717) is 17.0 Å². The molecule has 1 aromatic carbocycles. The third kappa shape index (κ3) is 7.11. The molecular formula is C29H30N6O6S. The van der Waals surface area contributed by atoms with Crippen molar-refractivity contribution in [1.82, 2.24) is 19.9 Å². The molecular weight excluding hydrogens is 560 g/mol. The molecule has 4 rings (SSSR count). The quantitative estimate of drug-likeness (QED) is 0.288. The van der Waals surface area contributed by atoms with Gasteiger partial charge in [0.2, 0.25) is 9.84 Å². The van der Waals surface area contributed by atoms with Gasteiger partial charge in [0.1, 0.15) is 23.2 Å². The number of rotatable bonds is 9. The predicted molar refractivity (Wildman–Crippen MR) is 154 cm³/mol. The van der Waals surface area contributed by atoms with Crippen molar-refractivity contribution >= 4 is 27.7 Å². The van der Waals surface area contributed by atoms with Crippen molar-refractivity contribution in [3.05, 3.63) is 96.6 Å². The summed E-state index contributed by atoms with van der Waals surface area (Å²) in [4.78, 5) is 42.3. The average molecular weight is 591 g/mol. The molecule has 0 radical (unpaired) electrons. The number of aromatic nitrogens is 4. The first-order valence-electron chi connectivity index (χ1n) is 12.8. The molecule has 3 heterocycles. The molecule has 0 aliphatic rings. The van der Waals surface area contributed by atoms with Crippen LogP contribution in [0.25, 0.3) is 11.4 Å². The minimum Gasteiger partial charge on any atom is -0.480 e. The molecule has 2 atom stereocenters. The van der Waals surface area contributed by atoms with Gasteiger partial charge in [0.15, 0.2) is 10.9 Å². The SMILES string of the molecule is CC(C)(C)OC(=O)N(CC(=O)O)c1cccc(C(N)C(c2ccc(-c3ncccn3)cc2)S(=O)(=O)c2ccccn2)n1. The summed E-state index contributed by atoms with van der Waals surface area (Å²) in [6.45, 7) is 4.20. The van der Waals surface area contributed by atoms with E-state index < -0.39 is 45.3 Å². The minimum atomic E-state index is -4.18. The van der Waals surface area contributed by atoms with Gasteiger partial charge in [-0.2, -0.15) is 0 Å². The van der Waals surface area contributed by atoms with Crippen LogP contribution in [0.3, 0.4) is 0 Å². The van der Waals surface area contributed by atoms with Gasteiger partial charge in [0.05, 0.1) is 11.7 Å². The van der Waals surface area contributed by atoms with Crippen LogP contribution >= 0.6 is 0 Å². The zero-order chi connectivity index (χ0) is 30.5. The van der Waals surface area contributed by atoms with Crippen LogP contribution in [-0.4, -0.2) is 57.7 Å². The Kier molecular flexibility index (Phi) is 8.93. The van der Waals surface area contributed by atoms with Crippen molar-refractivity contribution in [2.75, 3.05) is 11.4 Å². The van der Waals surface area contributed by atoms with Crippen molar-refractivity contribution in [1.29, 1.82) is 0 Å². The fraction of sp³-hybridized carbons (Fsp3) is 0.241. The van der Waals surface area contributed by atoms with Crippen molar-refractivity contribution in [2.24, 2.45) is 5.73 Å². The summed E-state index contributed by atoms with van der Waals surface area (Å²) in [5.41, 5.74) is 6.87. The maximum absolute atomic E-state index is 14.0. The molecule has 0 saturated heterocycles. The maximum atomic E-state index is 14.0. The molecule has 0 saturated carbocycles. The summed E-state index contributed by atoms with van der Waals surface area (Å²) in [5, 5.41) is 7.91. The second-order valence-electron chi connectivity index (χ2n) is 10.2. The van der Waals surface area contributed by atoms with Crippen molar-refractivity contribution in [3.63, 3.8) is 0 Å². The van der Waals surface area contributed by atoms with Crippen molar-refractivity contribution in [3.8, 4) is 11.4 Å². The first-order chi connectivity index (χ1) is 19.9. The van der Waals surface area contributed by atoms with E-state index in [1.54, 1.807) is 75.6 Å². The van der Waals surface area contributed by atoms with Crippen LogP contribution in [0, 0.1) is 0 Å². The van der Waals surface area contributed by atoms with Crippen LogP contribution in [-0.2, 0) is 19.4 Å². The summed E-state index contributed by atoms with van der Waals surface area (Å²) >= 11 is 0. The molecule has 4 aromatic rings. The number of ether oxygens (including phenoxy) is 1. The number of nitrogens with zero attached hydrogens (tertiary/aromatic N) is 5. The normalized spacial score (nSPS) is 13.1. The second kappa shape index (κ2) is 12.4. The number of hydrogen-bond donors (Lipinski definition) is 2. The number of anilines is 1. The number of carboxylic acid groups (broad SMARTS) is 1. The van der Waals surface area contributed by atoms with Crippen LogP contribution in [0.2, 0.25) is 0 Å². The van der Waals surface area contributed by atoms with Crippen molar-refractivity contribution < 1.29 is 27.9 Å². The van der Waals surface area contributed by atoms with Crippen molar-refractivity contribution in [2.45, 2.75) is 42.7 Å². The lowest BCUT2D eigenvalue weighted by molar-refractivity contribution is -0.135. The Labute approximate surface area is 243 Å². The first kappa shape index (κ1) is 30.2. The number of carboxylic acids is 1. The fourth-order valence-corrected chi connectivity index (χ4v) is 5.89. The van der Waals surface area contributed by atoms with E-state index in [0.717, 1.165) is 4.90 Å². The summed E-state index contributed by atoms with van der Waals surface area (Å²) < 4.78 is 33.3. The molecule has 0 aliphatic heterocycles. The number of pyridine rings is 2. The molecule has 13 heteroatoms. The van der Waals surface area contributed by atoms with Gasteiger partial charge < -0.3 is 15.6 Å². The Balaban J connectivity index is 1.78. The standard InChI is InChI=1S/C29H30N6O6S/c1-29(2,3)41-28(38)35(18-24(36)37)22-9-6-8-21(34-22)25(30)26(42(39,40)23-10-4-5-15-31-23)19-11-13-20(14-12-19)27-32-16-7-17-33-27/h4-17,25-26H,18,30H2,1-3H3,(H,36,37). The largest absolute Gasteiger partial charge is 0.480 e. The summed E-state index contributed by atoms with van der Waals surface area (Å²) in [7, 11) is -4.18. The monoisotopic (exact) mass is 590 g/mol. The lowest BCUT2D eigenvalue weighted by Gasteiger charge is -2.27. The number of sulfone groups is 1. The Hall–Kier alpha value is -4.75. The molecule has 3 N–H and O–H groups in total. The maximum Gasteiger partial charge on any atom is 0.416 e. The highest BCUT2D eigenvalue weighted by Gasteiger charge is 2.37. The lowest BCUT2D eigenvalue weighted by Crippen LogP contribution is -2.40. The van der Waals surface area contributed by atoms with Crippen LogP contribution in [0.15, 0.2) is 90.3 Å². The fourth-order valence-electron chi connectivity index (χ4n) is 4.12. The van der Waals surface area contributed by atoms with Gasteiger partial charge in [0, 0.05) is 24.2 Å². The molecule has 2 unspecified atom stereocenters. The number of hydrogen-bond acceptors (Lipinski definition) is 10. The van der Waals surface area contributed by atoms with Gasteiger partial charge in [-0.05, 0) is 56.7 Å². The van der Waals surface area contributed by atoms with E-state index in [2.05, 4.69) is 19.9 Å². The Morgan fingerprint density at radius 2 is 1.60 bits per heavy atom. The Morgan fingerprint density at radius 1 is 0.929 bits per heavy atom. The number of amides is 1. The van der Waals surface area contributed by atoms with Gasteiger partial charge in [-0.1, -0.05) is 36.4 Å². The van der Waals surface area contributed by atoms with Gasteiger partial charge in [-0.25, -0.2) is 33.1 Å². The highest BCUT2D eigenvalue weighted by Crippen LogP contribution is 2.38. The zero-order valence-electron chi connectivity index (χ0n) is 23.2. The highest BCUT2D eigenvalue weighted by atomic mass is 32.2.